The highest BCUT2D eigenvalue weighted by molar-refractivity contribution is 5.92. The Morgan fingerprint density at radius 3 is 3.25 bits per heavy atom. The van der Waals surface area contributed by atoms with Crippen LogP contribution in [0.2, 0.25) is 0 Å². The van der Waals surface area contributed by atoms with Crippen molar-refractivity contribution in [2.75, 3.05) is 38.6 Å². The van der Waals surface area contributed by atoms with Gasteiger partial charge >= 0.3 is 0 Å². The van der Waals surface area contributed by atoms with Crippen molar-refractivity contribution in [3.63, 3.8) is 0 Å². The summed E-state index contributed by atoms with van der Waals surface area (Å²) in [6.07, 6.45) is 0. The first-order chi connectivity index (χ1) is 9.72. The maximum absolute atomic E-state index is 12.0. The standard InChI is InChI=1S/C14H18N4O2/c1-20-13-4-2-3-11(7-13)17-14(19)10-18-6-5-16-9-12(18)8-15/h2-4,7,12,16H,5-6,9-10H2,1H3,(H,17,19). The molecule has 1 atom stereocenters. The molecule has 0 radical (unpaired) electrons. The predicted molar refractivity (Wildman–Crippen MR) is 75.5 cm³/mol. The second-order valence-corrected chi connectivity index (χ2v) is 4.60. The lowest BCUT2D eigenvalue weighted by Crippen LogP contribution is -2.52. The first-order valence-electron chi connectivity index (χ1n) is 6.51. The smallest absolute Gasteiger partial charge is 0.238 e. The second kappa shape index (κ2) is 6.89. The number of nitrogens with one attached hydrogen (secondary N) is 2. The van der Waals surface area contributed by atoms with Crippen molar-refractivity contribution in [2.24, 2.45) is 0 Å². The molecule has 1 fully saturated rings. The molecule has 1 aliphatic rings. The number of amides is 1. The third-order valence-corrected chi connectivity index (χ3v) is 3.20. The third-order valence-electron chi connectivity index (χ3n) is 3.20. The summed E-state index contributed by atoms with van der Waals surface area (Å²) in [5.41, 5.74) is 0.693. The molecule has 6 heteroatoms. The number of nitriles is 1. The van der Waals surface area contributed by atoms with Crippen LogP contribution >= 0.6 is 0 Å². The van der Waals surface area contributed by atoms with E-state index in [1.165, 1.54) is 0 Å². The lowest BCUT2D eigenvalue weighted by atomic mass is 10.2. The molecule has 2 N–H and O–H groups in total. The molecule has 1 aromatic carbocycles. The number of anilines is 1. The Morgan fingerprint density at radius 1 is 1.65 bits per heavy atom. The van der Waals surface area contributed by atoms with Crippen LogP contribution in [-0.4, -0.2) is 50.1 Å². The summed E-state index contributed by atoms with van der Waals surface area (Å²) in [4.78, 5) is 13.9. The molecule has 0 spiro atoms. The van der Waals surface area contributed by atoms with Gasteiger partial charge in [0.1, 0.15) is 11.8 Å². The highest BCUT2D eigenvalue weighted by Crippen LogP contribution is 2.16. The van der Waals surface area contributed by atoms with Gasteiger partial charge in [-0.15, -0.1) is 0 Å². The fraction of sp³-hybridized carbons (Fsp3) is 0.429. The molecule has 2 rings (SSSR count). The van der Waals surface area contributed by atoms with Gasteiger partial charge in [0.05, 0.1) is 19.7 Å². The molecule has 20 heavy (non-hydrogen) atoms. The van der Waals surface area contributed by atoms with Gasteiger partial charge in [-0.05, 0) is 12.1 Å². The van der Waals surface area contributed by atoms with Crippen LogP contribution in [0.15, 0.2) is 24.3 Å². The van der Waals surface area contributed by atoms with E-state index in [2.05, 4.69) is 16.7 Å². The van der Waals surface area contributed by atoms with E-state index < -0.39 is 0 Å². The molecule has 1 aromatic rings. The summed E-state index contributed by atoms with van der Waals surface area (Å²) in [5.74, 6) is 0.570. The number of hydrogen-bond acceptors (Lipinski definition) is 5. The molecule has 0 aliphatic carbocycles. The Labute approximate surface area is 118 Å². The maximum Gasteiger partial charge on any atom is 0.238 e. The lowest BCUT2D eigenvalue weighted by Gasteiger charge is -2.31. The summed E-state index contributed by atoms with van der Waals surface area (Å²) in [6.45, 7) is 2.31. The van der Waals surface area contributed by atoms with Crippen LogP contribution in [0, 0.1) is 11.3 Å². The zero-order valence-corrected chi connectivity index (χ0v) is 11.4. The van der Waals surface area contributed by atoms with Crippen molar-refractivity contribution in [1.82, 2.24) is 10.2 Å². The van der Waals surface area contributed by atoms with Gasteiger partial charge in [-0.3, -0.25) is 9.69 Å². The number of hydrogen-bond donors (Lipinski definition) is 2. The Kier molecular flexibility index (Phi) is 4.93. The largest absolute Gasteiger partial charge is 0.497 e. The number of methoxy groups -OCH3 is 1. The van der Waals surface area contributed by atoms with E-state index in [1.807, 2.05) is 17.0 Å². The molecular weight excluding hydrogens is 256 g/mol. The first kappa shape index (κ1) is 14.3. The van der Waals surface area contributed by atoms with E-state index in [9.17, 15) is 4.79 Å². The second-order valence-electron chi connectivity index (χ2n) is 4.60. The summed E-state index contributed by atoms with van der Waals surface area (Å²) >= 11 is 0. The van der Waals surface area contributed by atoms with Crippen LogP contribution in [0.4, 0.5) is 5.69 Å². The monoisotopic (exact) mass is 274 g/mol. The van der Waals surface area contributed by atoms with Crippen LogP contribution in [-0.2, 0) is 4.79 Å². The van der Waals surface area contributed by atoms with Crippen molar-refractivity contribution in [3.8, 4) is 11.8 Å². The van der Waals surface area contributed by atoms with Crippen molar-refractivity contribution in [2.45, 2.75) is 6.04 Å². The Bertz CT molecular complexity index is 512. The van der Waals surface area contributed by atoms with Crippen LogP contribution in [0.1, 0.15) is 0 Å². The minimum Gasteiger partial charge on any atom is -0.497 e. The van der Waals surface area contributed by atoms with E-state index in [4.69, 9.17) is 10.00 Å². The van der Waals surface area contributed by atoms with Gasteiger partial charge in [0.2, 0.25) is 5.91 Å². The molecule has 1 amide bonds. The van der Waals surface area contributed by atoms with Crippen LogP contribution < -0.4 is 15.4 Å². The molecule has 0 saturated carbocycles. The number of rotatable bonds is 4. The van der Waals surface area contributed by atoms with Crippen LogP contribution in [0.25, 0.3) is 0 Å². The molecule has 0 bridgehead atoms. The third kappa shape index (κ3) is 3.70. The highest BCUT2D eigenvalue weighted by Gasteiger charge is 2.23. The highest BCUT2D eigenvalue weighted by atomic mass is 16.5. The van der Waals surface area contributed by atoms with Crippen molar-refractivity contribution in [1.29, 1.82) is 5.26 Å². The normalized spacial score (nSPS) is 19.1. The molecule has 1 saturated heterocycles. The molecule has 106 valence electrons. The van der Waals surface area contributed by atoms with Gasteiger partial charge in [0.15, 0.2) is 0 Å². The summed E-state index contributed by atoms with van der Waals surface area (Å²) in [7, 11) is 1.58. The molecule has 1 heterocycles. The Morgan fingerprint density at radius 2 is 2.50 bits per heavy atom. The Hall–Kier alpha value is -2.10. The number of ether oxygens (including phenoxy) is 1. The maximum atomic E-state index is 12.0. The quantitative estimate of drug-likeness (QED) is 0.832. The minimum atomic E-state index is -0.250. The Balaban J connectivity index is 1.93. The van der Waals surface area contributed by atoms with Gasteiger partial charge < -0.3 is 15.4 Å². The average Bonchev–Trinajstić information content (AvgIpc) is 2.48. The van der Waals surface area contributed by atoms with Crippen LogP contribution in [0.3, 0.4) is 0 Å². The zero-order chi connectivity index (χ0) is 14.4. The SMILES string of the molecule is COc1cccc(NC(=O)CN2CCNCC2C#N)c1. The van der Waals surface area contributed by atoms with E-state index >= 15 is 0 Å². The zero-order valence-electron chi connectivity index (χ0n) is 11.4. The van der Waals surface area contributed by atoms with E-state index in [0.717, 1.165) is 6.54 Å². The average molecular weight is 274 g/mol. The van der Waals surface area contributed by atoms with Crippen molar-refractivity contribution >= 4 is 11.6 Å². The van der Waals surface area contributed by atoms with Gasteiger partial charge in [0.25, 0.3) is 0 Å². The van der Waals surface area contributed by atoms with E-state index in [0.29, 0.717) is 24.5 Å². The first-order valence-corrected chi connectivity index (χ1v) is 6.51. The topological polar surface area (TPSA) is 77.4 Å². The molecule has 1 aliphatic heterocycles. The molecule has 0 aromatic heterocycles. The number of nitrogens with zero attached hydrogens (tertiary/aromatic N) is 2. The van der Waals surface area contributed by atoms with Gasteiger partial charge in [-0.25, -0.2) is 0 Å². The van der Waals surface area contributed by atoms with Crippen LogP contribution in [0.5, 0.6) is 5.75 Å². The van der Waals surface area contributed by atoms with E-state index in [-0.39, 0.29) is 18.5 Å². The molecular formula is C14H18N4O2. The summed E-state index contributed by atoms with van der Waals surface area (Å²) in [6, 6.07) is 9.16. The summed E-state index contributed by atoms with van der Waals surface area (Å²) in [5, 5.41) is 15.0. The fourth-order valence-electron chi connectivity index (χ4n) is 2.15. The lowest BCUT2D eigenvalue weighted by molar-refractivity contribution is -0.117. The van der Waals surface area contributed by atoms with Gasteiger partial charge in [-0.1, -0.05) is 6.07 Å². The number of carbonyl (C=O) groups is 1. The van der Waals surface area contributed by atoms with Crippen molar-refractivity contribution < 1.29 is 9.53 Å². The molecule has 6 nitrogen and oxygen atoms in total. The summed E-state index contributed by atoms with van der Waals surface area (Å²) < 4.78 is 5.11. The molecule has 1 unspecified atom stereocenters. The van der Waals surface area contributed by atoms with Gasteiger partial charge in [0, 0.05) is 31.4 Å². The van der Waals surface area contributed by atoms with E-state index in [1.54, 1.807) is 19.2 Å². The number of piperazine rings is 1. The number of benzene rings is 1. The number of carbonyl (C=O) groups excluding carboxylic acids is 1. The van der Waals surface area contributed by atoms with Gasteiger partial charge in [-0.2, -0.15) is 5.26 Å². The minimum absolute atomic E-state index is 0.125. The fourth-order valence-corrected chi connectivity index (χ4v) is 2.15. The predicted octanol–water partition coefficient (Wildman–Crippen LogP) is 0.431. The van der Waals surface area contributed by atoms with Crippen molar-refractivity contribution in [3.05, 3.63) is 24.3 Å².